The Morgan fingerprint density at radius 2 is 2.50 bits per heavy atom. The van der Waals surface area contributed by atoms with Crippen molar-refractivity contribution in [3.05, 3.63) is 10.7 Å². The van der Waals surface area contributed by atoms with Crippen molar-refractivity contribution < 1.29 is 0 Å². The second kappa shape index (κ2) is 1.83. The van der Waals surface area contributed by atoms with Gasteiger partial charge in [0, 0.05) is 6.21 Å². The number of rotatable bonds is 0. The summed E-state index contributed by atoms with van der Waals surface area (Å²) in [6, 6.07) is 0. The molecule has 1 aliphatic heterocycles. The van der Waals surface area contributed by atoms with Gasteiger partial charge in [0.25, 0.3) is 0 Å². The fraction of sp³-hybridized carbons (Fsp3) is 0.333. The lowest BCUT2D eigenvalue weighted by Crippen LogP contribution is -1.94. The van der Waals surface area contributed by atoms with Crippen LogP contribution in [0.15, 0.2) is 4.99 Å². The van der Waals surface area contributed by atoms with Crippen molar-refractivity contribution in [3.63, 3.8) is 0 Å². The van der Waals surface area contributed by atoms with Gasteiger partial charge in [0.15, 0.2) is 5.82 Å². The molecule has 0 atom stereocenters. The minimum atomic E-state index is 0.675. The smallest absolute Gasteiger partial charge is 0.169 e. The Balaban J connectivity index is 2.69. The Morgan fingerprint density at radius 1 is 1.70 bits per heavy atom. The van der Waals surface area contributed by atoms with Crippen molar-refractivity contribution >= 4 is 23.6 Å². The van der Waals surface area contributed by atoms with Crippen LogP contribution in [0.2, 0.25) is 5.02 Å². The first-order valence-corrected chi connectivity index (χ1v) is 3.42. The highest BCUT2D eigenvalue weighted by Crippen LogP contribution is 2.29. The number of fused-ring (bicyclic) bond motifs is 1. The lowest BCUT2D eigenvalue weighted by atomic mass is 10.5. The lowest BCUT2D eigenvalue weighted by Gasteiger charge is -1.87. The maximum atomic E-state index is 5.86. The van der Waals surface area contributed by atoms with Crippen LogP contribution in [-0.4, -0.2) is 16.0 Å². The van der Waals surface area contributed by atoms with E-state index in [2.05, 4.69) is 10.1 Å². The summed E-state index contributed by atoms with van der Waals surface area (Å²) in [5.41, 5.74) is 0.855. The molecule has 0 aliphatic carbocycles. The first kappa shape index (κ1) is 5.92. The zero-order valence-corrected chi connectivity index (χ0v) is 6.26. The molecule has 2 heterocycles. The molecule has 0 aromatic carbocycles. The van der Waals surface area contributed by atoms with Crippen LogP contribution in [0.5, 0.6) is 0 Å². The molecular weight excluding hydrogens is 150 g/mol. The first-order valence-electron chi connectivity index (χ1n) is 3.04. The van der Waals surface area contributed by atoms with Gasteiger partial charge in [0.1, 0.15) is 5.02 Å². The van der Waals surface area contributed by atoms with Crippen LogP contribution in [0.1, 0.15) is 5.69 Å². The van der Waals surface area contributed by atoms with Crippen LogP contribution in [0.4, 0.5) is 5.82 Å². The summed E-state index contributed by atoms with van der Waals surface area (Å²) in [5, 5.41) is 4.83. The van der Waals surface area contributed by atoms with E-state index < -0.39 is 0 Å². The van der Waals surface area contributed by atoms with Gasteiger partial charge >= 0.3 is 0 Å². The minimum absolute atomic E-state index is 0.675. The maximum Gasteiger partial charge on any atom is 0.169 e. The van der Waals surface area contributed by atoms with E-state index in [1.54, 1.807) is 10.9 Å². The molecule has 0 unspecified atom stereocenters. The monoisotopic (exact) mass is 155 g/mol. The third-order valence-corrected chi connectivity index (χ3v) is 1.94. The largest absolute Gasteiger partial charge is 0.241 e. The molecule has 0 N–H and O–H groups in total. The highest BCUT2D eigenvalue weighted by molar-refractivity contribution is 6.33. The number of halogens is 1. The Labute approximate surface area is 63.3 Å². The summed E-state index contributed by atoms with van der Waals surface area (Å²) >= 11 is 5.86. The Hall–Kier alpha value is -0.830. The summed E-state index contributed by atoms with van der Waals surface area (Å²) < 4.78 is 1.79. The number of hydrogen-bond donors (Lipinski definition) is 0. The maximum absolute atomic E-state index is 5.86. The molecule has 2 rings (SSSR count). The van der Waals surface area contributed by atoms with E-state index in [1.165, 1.54) is 0 Å². The molecule has 1 aromatic heterocycles. The number of hydrogen-bond acceptors (Lipinski definition) is 2. The lowest BCUT2D eigenvalue weighted by molar-refractivity contribution is 0.746. The van der Waals surface area contributed by atoms with Crippen molar-refractivity contribution in [2.75, 3.05) is 0 Å². The molecule has 0 radical (unpaired) electrons. The highest BCUT2D eigenvalue weighted by Gasteiger charge is 2.14. The van der Waals surface area contributed by atoms with Crippen molar-refractivity contribution in [1.82, 2.24) is 9.78 Å². The summed E-state index contributed by atoms with van der Waals surface area (Å²) in [6.45, 7) is 2.63. The summed E-state index contributed by atoms with van der Waals surface area (Å²) in [5.74, 6) is 0.791. The van der Waals surface area contributed by atoms with E-state index in [0.717, 1.165) is 18.1 Å². The highest BCUT2D eigenvalue weighted by atomic mass is 35.5. The van der Waals surface area contributed by atoms with Gasteiger partial charge in [-0.25, -0.2) is 9.67 Å². The molecule has 0 amide bonds. The van der Waals surface area contributed by atoms with Gasteiger partial charge in [-0.3, -0.25) is 0 Å². The van der Waals surface area contributed by atoms with E-state index in [4.69, 9.17) is 11.6 Å². The average Bonchev–Trinajstić information content (AvgIpc) is 2.41. The van der Waals surface area contributed by atoms with E-state index in [1.807, 2.05) is 6.92 Å². The van der Waals surface area contributed by atoms with Gasteiger partial charge in [-0.05, 0) is 6.92 Å². The van der Waals surface area contributed by atoms with Crippen molar-refractivity contribution in [2.45, 2.75) is 13.5 Å². The molecule has 4 heteroatoms. The standard InChI is InChI=1S/C6H6ClN3/c1-4-5(7)6-8-2-3-10(6)9-4/h2H,3H2,1H3. The van der Waals surface area contributed by atoms with Crippen LogP contribution >= 0.6 is 11.6 Å². The van der Waals surface area contributed by atoms with Gasteiger partial charge in [0.2, 0.25) is 0 Å². The van der Waals surface area contributed by atoms with E-state index in [-0.39, 0.29) is 0 Å². The van der Waals surface area contributed by atoms with Gasteiger partial charge in [-0.1, -0.05) is 11.6 Å². The normalized spacial score (nSPS) is 14.2. The summed E-state index contributed by atoms with van der Waals surface area (Å²) in [6.07, 6.45) is 1.80. The van der Waals surface area contributed by atoms with Crippen molar-refractivity contribution in [2.24, 2.45) is 4.99 Å². The summed E-state index contributed by atoms with van der Waals surface area (Å²) in [4.78, 5) is 4.06. The molecule has 1 aromatic rings. The summed E-state index contributed by atoms with van der Waals surface area (Å²) in [7, 11) is 0. The zero-order valence-electron chi connectivity index (χ0n) is 5.50. The van der Waals surface area contributed by atoms with Crippen molar-refractivity contribution in [1.29, 1.82) is 0 Å². The first-order chi connectivity index (χ1) is 4.79. The fourth-order valence-corrected chi connectivity index (χ4v) is 1.19. The predicted molar refractivity (Wildman–Crippen MR) is 40.1 cm³/mol. The molecule has 10 heavy (non-hydrogen) atoms. The average molecular weight is 156 g/mol. The molecule has 3 nitrogen and oxygen atoms in total. The van der Waals surface area contributed by atoms with Crippen LogP contribution < -0.4 is 0 Å². The second-order valence-electron chi connectivity index (χ2n) is 2.22. The molecule has 0 fully saturated rings. The van der Waals surface area contributed by atoms with E-state index in [9.17, 15) is 0 Å². The SMILES string of the molecule is Cc1nn2c(c1Cl)N=CC2. The quantitative estimate of drug-likeness (QED) is 0.559. The minimum Gasteiger partial charge on any atom is -0.241 e. The van der Waals surface area contributed by atoms with Crippen LogP contribution in [0, 0.1) is 6.92 Å². The van der Waals surface area contributed by atoms with E-state index in [0.29, 0.717) is 5.02 Å². The van der Waals surface area contributed by atoms with Crippen LogP contribution in [-0.2, 0) is 6.54 Å². The number of aliphatic imine (C=N–C) groups is 1. The molecule has 52 valence electrons. The fourth-order valence-electron chi connectivity index (χ4n) is 1.00. The molecule has 0 spiro atoms. The Bertz CT molecular complexity index is 300. The van der Waals surface area contributed by atoms with Gasteiger partial charge < -0.3 is 0 Å². The van der Waals surface area contributed by atoms with Crippen LogP contribution in [0.25, 0.3) is 0 Å². The predicted octanol–water partition coefficient (Wildman–Crippen LogP) is 1.56. The molecular formula is C6H6ClN3. The molecule has 1 aliphatic rings. The second-order valence-corrected chi connectivity index (χ2v) is 2.59. The molecule has 0 bridgehead atoms. The van der Waals surface area contributed by atoms with Crippen LogP contribution in [0.3, 0.4) is 0 Å². The topological polar surface area (TPSA) is 30.2 Å². The van der Waals surface area contributed by atoms with Crippen molar-refractivity contribution in [3.8, 4) is 0 Å². The number of aryl methyl sites for hydroxylation is 1. The van der Waals surface area contributed by atoms with E-state index >= 15 is 0 Å². The molecule has 0 saturated carbocycles. The Morgan fingerprint density at radius 3 is 3.20 bits per heavy atom. The number of aromatic nitrogens is 2. The zero-order chi connectivity index (χ0) is 7.14. The third-order valence-electron chi connectivity index (χ3n) is 1.50. The van der Waals surface area contributed by atoms with Gasteiger partial charge in [-0.15, -0.1) is 0 Å². The third kappa shape index (κ3) is 0.609. The number of nitrogens with zero attached hydrogens (tertiary/aromatic N) is 3. The van der Waals surface area contributed by atoms with Gasteiger partial charge in [-0.2, -0.15) is 5.10 Å². The van der Waals surface area contributed by atoms with Gasteiger partial charge in [0.05, 0.1) is 12.2 Å². The molecule has 0 saturated heterocycles. The Kier molecular flexibility index (Phi) is 1.08.